The van der Waals surface area contributed by atoms with Crippen LogP contribution in [0.5, 0.6) is 0 Å². The maximum atomic E-state index is 4.57. The van der Waals surface area contributed by atoms with E-state index in [1.807, 2.05) is 0 Å². The quantitative estimate of drug-likeness (QED) is 0.854. The fourth-order valence-electron chi connectivity index (χ4n) is 2.43. The highest BCUT2D eigenvalue weighted by molar-refractivity contribution is 7.13. The molecule has 0 spiro atoms. The van der Waals surface area contributed by atoms with Gasteiger partial charge < -0.3 is 5.32 Å². The minimum Gasteiger partial charge on any atom is -0.359 e. The second kappa shape index (κ2) is 5.67. The van der Waals surface area contributed by atoms with Crippen LogP contribution in [0.3, 0.4) is 0 Å². The van der Waals surface area contributed by atoms with Crippen molar-refractivity contribution in [3.05, 3.63) is 11.1 Å². The average molecular weight is 238 g/mol. The van der Waals surface area contributed by atoms with Crippen LogP contribution < -0.4 is 5.32 Å². The normalized spacial score (nSPS) is 25.6. The molecule has 1 saturated carbocycles. The van der Waals surface area contributed by atoms with Crippen LogP contribution in [0.2, 0.25) is 0 Å². The molecule has 90 valence electrons. The van der Waals surface area contributed by atoms with Gasteiger partial charge in [-0.3, -0.25) is 0 Å². The van der Waals surface area contributed by atoms with E-state index >= 15 is 0 Å². The number of nitrogens with zero attached hydrogens (tertiary/aromatic N) is 1. The molecule has 1 heterocycles. The Labute approximate surface area is 102 Å². The smallest absolute Gasteiger partial charge is 0.183 e. The van der Waals surface area contributed by atoms with E-state index in [-0.39, 0.29) is 0 Å². The van der Waals surface area contributed by atoms with Gasteiger partial charge in [0, 0.05) is 11.4 Å². The van der Waals surface area contributed by atoms with Gasteiger partial charge in [-0.15, -0.1) is 11.3 Å². The Morgan fingerprint density at radius 1 is 1.31 bits per heavy atom. The molecule has 0 atom stereocenters. The SMILES string of the molecule is CCc1csc(NC2CCC(CC)CC2)n1. The fraction of sp³-hybridized carbons (Fsp3) is 0.769. The fourth-order valence-corrected chi connectivity index (χ4v) is 3.30. The molecule has 0 saturated heterocycles. The topological polar surface area (TPSA) is 24.9 Å². The lowest BCUT2D eigenvalue weighted by Gasteiger charge is -2.28. The van der Waals surface area contributed by atoms with Gasteiger partial charge in [0.15, 0.2) is 5.13 Å². The van der Waals surface area contributed by atoms with Crippen LogP contribution in [-0.2, 0) is 6.42 Å². The summed E-state index contributed by atoms with van der Waals surface area (Å²) < 4.78 is 0. The van der Waals surface area contributed by atoms with Crippen molar-refractivity contribution >= 4 is 16.5 Å². The van der Waals surface area contributed by atoms with Crippen LogP contribution in [0.1, 0.15) is 51.6 Å². The summed E-state index contributed by atoms with van der Waals surface area (Å²) in [5, 5.41) is 6.88. The minimum atomic E-state index is 0.665. The number of thiazole rings is 1. The van der Waals surface area contributed by atoms with Gasteiger partial charge in [0.2, 0.25) is 0 Å². The number of aromatic nitrogens is 1. The Morgan fingerprint density at radius 2 is 2.06 bits per heavy atom. The van der Waals surface area contributed by atoms with Crippen molar-refractivity contribution in [2.75, 3.05) is 5.32 Å². The van der Waals surface area contributed by atoms with Crippen LogP contribution >= 0.6 is 11.3 Å². The molecule has 1 aromatic rings. The first-order valence-corrected chi connectivity index (χ1v) is 7.40. The Balaban J connectivity index is 1.82. The summed E-state index contributed by atoms with van der Waals surface area (Å²) >= 11 is 1.75. The third-order valence-electron chi connectivity index (χ3n) is 3.67. The van der Waals surface area contributed by atoms with Gasteiger partial charge in [-0.25, -0.2) is 4.98 Å². The molecule has 1 fully saturated rings. The zero-order valence-electron chi connectivity index (χ0n) is 10.3. The van der Waals surface area contributed by atoms with Crippen LogP contribution in [-0.4, -0.2) is 11.0 Å². The van der Waals surface area contributed by atoms with E-state index in [1.54, 1.807) is 11.3 Å². The molecule has 1 aromatic heterocycles. The highest BCUT2D eigenvalue weighted by Crippen LogP contribution is 2.29. The van der Waals surface area contributed by atoms with Crippen molar-refractivity contribution in [3.8, 4) is 0 Å². The molecule has 3 heteroatoms. The molecule has 0 radical (unpaired) electrons. The van der Waals surface area contributed by atoms with E-state index in [9.17, 15) is 0 Å². The van der Waals surface area contributed by atoms with Crippen molar-refractivity contribution in [3.63, 3.8) is 0 Å². The summed E-state index contributed by atoms with van der Waals surface area (Å²) in [6, 6.07) is 0.665. The van der Waals surface area contributed by atoms with Gasteiger partial charge in [0.25, 0.3) is 0 Å². The van der Waals surface area contributed by atoms with Crippen molar-refractivity contribution in [1.82, 2.24) is 4.98 Å². The van der Waals surface area contributed by atoms with Gasteiger partial charge in [-0.2, -0.15) is 0 Å². The Kier molecular flexibility index (Phi) is 4.22. The number of nitrogens with one attached hydrogen (secondary N) is 1. The average Bonchev–Trinajstić information content (AvgIpc) is 2.78. The Bertz CT molecular complexity index is 313. The number of rotatable bonds is 4. The number of aryl methyl sites for hydroxylation is 1. The first kappa shape index (κ1) is 11.9. The minimum absolute atomic E-state index is 0.665. The van der Waals surface area contributed by atoms with Gasteiger partial charge >= 0.3 is 0 Å². The molecule has 2 rings (SSSR count). The van der Waals surface area contributed by atoms with Gasteiger partial charge in [-0.1, -0.05) is 20.3 Å². The highest BCUT2D eigenvalue weighted by atomic mass is 32.1. The number of hydrogen-bond acceptors (Lipinski definition) is 3. The van der Waals surface area contributed by atoms with Crippen molar-refractivity contribution in [1.29, 1.82) is 0 Å². The molecule has 2 nitrogen and oxygen atoms in total. The lowest BCUT2D eigenvalue weighted by atomic mass is 9.85. The zero-order valence-corrected chi connectivity index (χ0v) is 11.1. The summed E-state index contributed by atoms with van der Waals surface area (Å²) in [6.07, 6.45) is 7.81. The van der Waals surface area contributed by atoms with Gasteiger partial charge in [0.05, 0.1) is 5.69 Å². The summed E-state index contributed by atoms with van der Waals surface area (Å²) in [4.78, 5) is 4.57. The summed E-state index contributed by atoms with van der Waals surface area (Å²) in [5.41, 5.74) is 1.22. The monoisotopic (exact) mass is 238 g/mol. The molecule has 0 aromatic carbocycles. The summed E-state index contributed by atoms with van der Waals surface area (Å²) in [7, 11) is 0. The van der Waals surface area contributed by atoms with E-state index in [2.05, 4.69) is 29.5 Å². The Hall–Kier alpha value is -0.570. The predicted molar refractivity (Wildman–Crippen MR) is 71.2 cm³/mol. The molecule has 0 unspecified atom stereocenters. The van der Waals surface area contributed by atoms with Crippen LogP contribution in [0.4, 0.5) is 5.13 Å². The van der Waals surface area contributed by atoms with Crippen LogP contribution in [0.15, 0.2) is 5.38 Å². The van der Waals surface area contributed by atoms with Crippen molar-refractivity contribution < 1.29 is 0 Å². The van der Waals surface area contributed by atoms with Crippen molar-refractivity contribution in [2.24, 2.45) is 5.92 Å². The molecular formula is C13H22N2S. The molecule has 1 aliphatic rings. The van der Waals surface area contributed by atoms with Gasteiger partial charge in [0.1, 0.15) is 0 Å². The molecule has 0 bridgehead atoms. The van der Waals surface area contributed by atoms with E-state index in [1.165, 1.54) is 37.8 Å². The van der Waals surface area contributed by atoms with Crippen molar-refractivity contribution in [2.45, 2.75) is 58.4 Å². The maximum absolute atomic E-state index is 4.57. The van der Waals surface area contributed by atoms with Crippen LogP contribution in [0, 0.1) is 5.92 Å². The van der Waals surface area contributed by atoms with E-state index in [4.69, 9.17) is 0 Å². The second-order valence-electron chi connectivity index (χ2n) is 4.77. The lowest BCUT2D eigenvalue weighted by Crippen LogP contribution is -2.25. The van der Waals surface area contributed by atoms with E-state index in [0.717, 1.165) is 17.5 Å². The largest absolute Gasteiger partial charge is 0.359 e. The zero-order chi connectivity index (χ0) is 11.4. The molecule has 1 aliphatic carbocycles. The Morgan fingerprint density at radius 3 is 2.62 bits per heavy atom. The second-order valence-corrected chi connectivity index (χ2v) is 5.63. The van der Waals surface area contributed by atoms with E-state index < -0.39 is 0 Å². The third kappa shape index (κ3) is 2.97. The number of anilines is 1. The molecule has 16 heavy (non-hydrogen) atoms. The molecule has 0 amide bonds. The highest BCUT2D eigenvalue weighted by Gasteiger charge is 2.20. The molecular weight excluding hydrogens is 216 g/mol. The van der Waals surface area contributed by atoms with E-state index in [0.29, 0.717) is 6.04 Å². The third-order valence-corrected chi connectivity index (χ3v) is 4.49. The molecule has 1 N–H and O–H groups in total. The summed E-state index contributed by atoms with van der Waals surface area (Å²) in [5.74, 6) is 0.973. The van der Waals surface area contributed by atoms with Gasteiger partial charge in [-0.05, 0) is 38.0 Å². The number of hydrogen-bond donors (Lipinski definition) is 1. The lowest BCUT2D eigenvalue weighted by molar-refractivity contribution is 0.330. The van der Waals surface area contributed by atoms with Crippen LogP contribution in [0.25, 0.3) is 0 Å². The first-order chi connectivity index (χ1) is 7.81. The molecule has 0 aliphatic heterocycles. The summed E-state index contributed by atoms with van der Waals surface area (Å²) in [6.45, 7) is 4.47. The standard InChI is InChI=1S/C13H22N2S/c1-3-10-5-7-12(8-6-10)15-13-14-11(4-2)9-16-13/h9-10,12H,3-8H2,1-2H3,(H,14,15). The first-order valence-electron chi connectivity index (χ1n) is 6.52. The predicted octanol–water partition coefficient (Wildman–Crippen LogP) is 4.09. The maximum Gasteiger partial charge on any atom is 0.183 e.